The molecule has 1 aromatic heterocycles. The van der Waals surface area contributed by atoms with Crippen molar-refractivity contribution in [2.75, 3.05) is 0 Å². The van der Waals surface area contributed by atoms with Gasteiger partial charge in [0.05, 0.1) is 0 Å². The summed E-state index contributed by atoms with van der Waals surface area (Å²) in [6.07, 6.45) is -4.58. The minimum Gasteiger partial charge on any atom is -0.459 e. The maximum Gasteiger partial charge on any atom is 0.412 e. The van der Waals surface area contributed by atoms with Crippen molar-refractivity contribution in [1.82, 2.24) is 5.43 Å². The van der Waals surface area contributed by atoms with Gasteiger partial charge in [0, 0.05) is 5.39 Å². The first-order valence-corrected chi connectivity index (χ1v) is 4.63. The van der Waals surface area contributed by atoms with Crippen molar-refractivity contribution in [3.05, 3.63) is 35.8 Å². The molecule has 1 heterocycles. The number of halogens is 4. The quantitative estimate of drug-likeness (QED) is 0.488. The third-order valence-electron chi connectivity index (χ3n) is 2.28. The van der Waals surface area contributed by atoms with Crippen LogP contribution >= 0.6 is 0 Å². The highest BCUT2D eigenvalue weighted by atomic mass is 19.4. The topological polar surface area (TPSA) is 51.2 Å². The predicted octanol–water partition coefficient (Wildman–Crippen LogP) is 2.64. The second-order valence-corrected chi connectivity index (χ2v) is 3.47. The molecule has 0 aliphatic rings. The number of nitrogens with two attached hydrogens (primary N) is 1. The highest BCUT2D eigenvalue weighted by molar-refractivity contribution is 5.78. The second-order valence-electron chi connectivity index (χ2n) is 3.47. The lowest BCUT2D eigenvalue weighted by Crippen LogP contribution is -2.38. The smallest absolute Gasteiger partial charge is 0.412 e. The molecule has 17 heavy (non-hydrogen) atoms. The molecule has 3 nitrogen and oxygen atoms in total. The lowest BCUT2D eigenvalue weighted by Gasteiger charge is -2.16. The van der Waals surface area contributed by atoms with Crippen molar-refractivity contribution in [2.45, 2.75) is 12.2 Å². The van der Waals surface area contributed by atoms with E-state index in [-0.39, 0.29) is 11.0 Å². The third kappa shape index (κ3) is 2.25. The Balaban J connectivity index is 2.48. The first-order chi connectivity index (χ1) is 7.91. The Hall–Kier alpha value is -1.60. The first-order valence-electron chi connectivity index (χ1n) is 4.63. The maximum atomic E-state index is 12.9. The Morgan fingerprint density at radius 3 is 2.53 bits per heavy atom. The van der Waals surface area contributed by atoms with Crippen LogP contribution in [0.25, 0.3) is 11.0 Å². The van der Waals surface area contributed by atoms with Crippen molar-refractivity contribution >= 4 is 11.0 Å². The number of rotatable bonds is 2. The number of hydrogen-bond acceptors (Lipinski definition) is 3. The molecule has 0 spiro atoms. The Bertz CT molecular complexity index is 535. The van der Waals surface area contributed by atoms with E-state index >= 15 is 0 Å². The van der Waals surface area contributed by atoms with Crippen LogP contribution < -0.4 is 11.3 Å². The van der Waals surface area contributed by atoms with E-state index in [4.69, 9.17) is 10.3 Å². The fourth-order valence-corrected chi connectivity index (χ4v) is 1.51. The van der Waals surface area contributed by atoms with Gasteiger partial charge in [-0.1, -0.05) is 0 Å². The maximum absolute atomic E-state index is 12.9. The van der Waals surface area contributed by atoms with Crippen molar-refractivity contribution in [3.63, 3.8) is 0 Å². The zero-order valence-corrected chi connectivity index (χ0v) is 8.38. The van der Waals surface area contributed by atoms with E-state index in [0.29, 0.717) is 0 Å². The molecule has 2 rings (SSSR count). The van der Waals surface area contributed by atoms with Gasteiger partial charge in [-0.2, -0.15) is 13.2 Å². The summed E-state index contributed by atoms with van der Waals surface area (Å²) >= 11 is 0. The molecule has 0 fully saturated rings. The summed E-state index contributed by atoms with van der Waals surface area (Å²) in [6, 6.07) is 2.45. The largest absolute Gasteiger partial charge is 0.459 e. The first kappa shape index (κ1) is 11.9. The molecule has 1 unspecified atom stereocenters. The Labute approximate surface area is 93.2 Å². The van der Waals surface area contributed by atoms with E-state index in [1.807, 2.05) is 0 Å². The van der Waals surface area contributed by atoms with Crippen LogP contribution in [0, 0.1) is 5.82 Å². The normalized spacial score (nSPS) is 14.2. The Morgan fingerprint density at radius 1 is 1.24 bits per heavy atom. The monoisotopic (exact) mass is 248 g/mol. The Morgan fingerprint density at radius 2 is 1.94 bits per heavy atom. The van der Waals surface area contributed by atoms with Crippen LogP contribution in [0.3, 0.4) is 0 Å². The molecular weight excluding hydrogens is 240 g/mol. The predicted molar refractivity (Wildman–Crippen MR) is 52.3 cm³/mol. The van der Waals surface area contributed by atoms with E-state index in [0.717, 1.165) is 18.2 Å². The lowest BCUT2D eigenvalue weighted by atomic mass is 10.2. The lowest BCUT2D eigenvalue weighted by molar-refractivity contribution is -0.161. The summed E-state index contributed by atoms with van der Waals surface area (Å²) in [7, 11) is 0. The summed E-state index contributed by atoms with van der Waals surface area (Å²) < 4.78 is 55.4. The molecule has 0 saturated heterocycles. The van der Waals surface area contributed by atoms with Crippen molar-refractivity contribution in [3.8, 4) is 0 Å². The summed E-state index contributed by atoms with van der Waals surface area (Å²) in [5, 5.41) is 0.254. The second kappa shape index (κ2) is 4.01. The molecule has 2 aromatic rings. The molecule has 0 radical (unpaired) electrons. The van der Waals surface area contributed by atoms with Crippen LogP contribution in [0.4, 0.5) is 17.6 Å². The summed E-state index contributed by atoms with van der Waals surface area (Å²) in [6.45, 7) is 0. The highest BCUT2D eigenvalue weighted by Crippen LogP contribution is 2.34. The van der Waals surface area contributed by atoms with Gasteiger partial charge in [0.25, 0.3) is 0 Å². The van der Waals surface area contributed by atoms with Gasteiger partial charge in [-0.15, -0.1) is 0 Å². The molecule has 7 heteroatoms. The molecule has 92 valence electrons. The van der Waals surface area contributed by atoms with Crippen LogP contribution in [0.15, 0.2) is 28.7 Å². The van der Waals surface area contributed by atoms with Gasteiger partial charge < -0.3 is 4.42 Å². The van der Waals surface area contributed by atoms with Crippen LogP contribution in [0.5, 0.6) is 0 Å². The number of alkyl halides is 3. The van der Waals surface area contributed by atoms with E-state index in [1.165, 1.54) is 6.07 Å². The van der Waals surface area contributed by atoms with Gasteiger partial charge >= 0.3 is 6.18 Å². The van der Waals surface area contributed by atoms with Gasteiger partial charge in [-0.25, -0.2) is 9.82 Å². The minimum absolute atomic E-state index is 0.172. The Kier molecular flexibility index (Phi) is 2.80. The van der Waals surface area contributed by atoms with Gasteiger partial charge in [0.1, 0.15) is 17.2 Å². The molecule has 3 N–H and O–H groups in total. The van der Waals surface area contributed by atoms with Crippen LogP contribution in [0.1, 0.15) is 11.8 Å². The standard InChI is InChI=1S/C10H8F4N2O/c11-6-1-2-7-5(3-6)4-8(17-7)9(16-15)10(12,13)14/h1-4,9,16H,15H2. The number of hydrogen-bond donors (Lipinski definition) is 2. The van der Waals surface area contributed by atoms with Crippen molar-refractivity contribution in [1.29, 1.82) is 0 Å². The third-order valence-corrected chi connectivity index (χ3v) is 2.28. The zero-order valence-electron chi connectivity index (χ0n) is 8.38. The van der Waals surface area contributed by atoms with E-state index in [9.17, 15) is 17.6 Å². The number of furan rings is 1. The zero-order chi connectivity index (χ0) is 12.6. The van der Waals surface area contributed by atoms with Crippen LogP contribution in [-0.4, -0.2) is 6.18 Å². The summed E-state index contributed by atoms with van der Waals surface area (Å²) in [5.41, 5.74) is 1.79. The SMILES string of the molecule is NNC(c1cc2cc(F)ccc2o1)C(F)(F)F. The average Bonchev–Trinajstić information content (AvgIpc) is 2.58. The molecule has 1 aromatic carbocycles. The van der Waals surface area contributed by atoms with Crippen molar-refractivity contribution < 1.29 is 22.0 Å². The molecule has 1 atom stereocenters. The molecule has 0 aliphatic carbocycles. The van der Waals surface area contributed by atoms with Gasteiger partial charge in [-0.3, -0.25) is 5.84 Å². The molecule has 0 bridgehead atoms. The molecule has 0 saturated carbocycles. The van der Waals surface area contributed by atoms with Gasteiger partial charge in [0.15, 0.2) is 6.04 Å². The van der Waals surface area contributed by atoms with Gasteiger partial charge in [0.2, 0.25) is 0 Å². The van der Waals surface area contributed by atoms with E-state index in [1.54, 1.807) is 5.43 Å². The fraction of sp³-hybridized carbons (Fsp3) is 0.200. The number of hydrazine groups is 1. The van der Waals surface area contributed by atoms with Crippen molar-refractivity contribution in [2.24, 2.45) is 5.84 Å². The molecular formula is C10H8F4N2O. The number of nitrogens with one attached hydrogen (secondary N) is 1. The average molecular weight is 248 g/mol. The number of benzene rings is 1. The summed E-state index contributed by atoms with van der Waals surface area (Å²) in [4.78, 5) is 0. The summed E-state index contributed by atoms with van der Waals surface area (Å²) in [5.74, 6) is 3.89. The molecule has 0 amide bonds. The van der Waals surface area contributed by atoms with Gasteiger partial charge in [-0.05, 0) is 24.3 Å². The fourth-order valence-electron chi connectivity index (χ4n) is 1.51. The van der Waals surface area contributed by atoms with E-state index in [2.05, 4.69) is 0 Å². The minimum atomic E-state index is -4.58. The van der Waals surface area contributed by atoms with Crippen LogP contribution in [-0.2, 0) is 0 Å². The van der Waals surface area contributed by atoms with Crippen LogP contribution in [0.2, 0.25) is 0 Å². The van der Waals surface area contributed by atoms with E-state index < -0.39 is 23.8 Å². The highest BCUT2D eigenvalue weighted by Gasteiger charge is 2.42. The molecule has 0 aliphatic heterocycles. The number of fused-ring (bicyclic) bond motifs is 1.